The van der Waals surface area contributed by atoms with E-state index in [1.807, 2.05) is 46.1 Å². The van der Waals surface area contributed by atoms with E-state index in [1.165, 1.54) is 4.90 Å². The van der Waals surface area contributed by atoms with Crippen LogP contribution in [0.3, 0.4) is 0 Å². The molecule has 3 unspecified atom stereocenters. The number of fused-ring (bicyclic) bond motifs is 1. The van der Waals surface area contributed by atoms with Crippen molar-refractivity contribution in [3.05, 3.63) is 11.6 Å². The molecule has 0 saturated carbocycles. The summed E-state index contributed by atoms with van der Waals surface area (Å²) >= 11 is 6.27. The van der Waals surface area contributed by atoms with Crippen LogP contribution in [0.1, 0.15) is 67.0 Å². The highest BCUT2D eigenvalue weighted by atomic mass is 35.5. The standard InChI is InChI=1S/C31H48ClN6O11P/c1-30(2,3)15-43-28(40)45-18-47-50(48-19-46-29(41)44-16-31(4,5)6)14-22(39)37(7)12-21-8-9-23(49-21)38-17-33-24-25(34-20-10-11-42-13-20)35-27(32)36-26(24)38/h17,20-21,23H,8-16,18-19H2,1-7H3,(H,34,35,36). The molecule has 0 aromatic carbocycles. The maximum atomic E-state index is 13.3. The van der Waals surface area contributed by atoms with Gasteiger partial charge in [0.15, 0.2) is 25.4 Å². The van der Waals surface area contributed by atoms with Gasteiger partial charge in [0.05, 0.1) is 44.5 Å². The van der Waals surface area contributed by atoms with Crippen LogP contribution >= 0.6 is 20.0 Å². The summed E-state index contributed by atoms with van der Waals surface area (Å²) in [6, 6.07) is 0.108. The molecule has 2 aromatic rings. The van der Waals surface area contributed by atoms with Gasteiger partial charge in [-0.1, -0.05) is 41.5 Å². The first-order chi connectivity index (χ1) is 23.6. The van der Waals surface area contributed by atoms with Crippen LogP contribution in [0.2, 0.25) is 5.28 Å². The van der Waals surface area contributed by atoms with Gasteiger partial charge in [-0.25, -0.2) is 14.6 Å². The van der Waals surface area contributed by atoms with E-state index in [2.05, 4.69) is 20.3 Å². The molecular weight excluding hydrogens is 699 g/mol. The number of nitrogens with one attached hydrogen (secondary N) is 1. The normalized spacial score (nSPS) is 19.5. The average Bonchev–Trinajstić information content (AvgIpc) is 3.80. The summed E-state index contributed by atoms with van der Waals surface area (Å²) in [5.74, 6) is 0.211. The van der Waals surface area contributed by atoms with Gasteiger partial charge < -0.3 is 38.6 Å². The zero-order chi connectivity index (χ0) is 36.5. The molecule has 4 rings (SSSR count). The number of anilines is 1. The van der Waals surface area contributed by atoms with Gasteiger partial charge in [-0.15, -0.1) is 0 Å². The summed E-state index contributed by atoms with van der Waals surface area (Å²) in [6.07, 6.45) is 1.09. The molecule has 3 atom stereocenters. The van der Waals surface area contributed by atoms with Crippen molar-refractivity contribution in [2.24, 2.45) is 10.8 Å². The highest BCUT2D eigenvalue weighted by molar-refractivity contribution is 7.48. The Kier molecular flexibility index (Phi) is 14.2. The van der Waals surface area contributed by atoms with Crippen LogP contribution in [0.25, 0.3) is 11.2 Å². The van der Waals surface area contributed by atoms with Crippen LogP contribution < -0.4 is 5.32 Å². The minimum absolute atomic E-state index is 0.0841. The molecule has 1 amide bonds. The van der Waals surface area contributed by atoms with E-state index in [0.717, 1.165) is 6.42 Å². The Hall–Kier alpha value is -3.08. The van der Waals surface area contributed by atoms with Crippen molar-refractivity contribution in [2.75, 3.05) is 65.1 Å². The molecule has 17 nitrogen and oxygen atoms in total. The first kappa shape index (κ1) is 39.7. The van der Waals surface area contributed by atoms with Crippen LogP contribution in [0.15, 0.2) is 6.33 Å². The second-order valence-electron chi connectivity index (χ2n) is 14.4. The van der Waals surface area contributed by atoms with Crippen molar-refractivity contribution in [1.29, 1.82) is 0 Å². The third kappa shape index (κ3) is 12.9. The van der Waals surface area contributed by atoms with E-state index in [9.17, 15) is 14.4 Å². The van der Waals surface area contributed by atoms with Gasteiger partial charge >= 0.3 is 12.3 Å². The Morgan fingerprint density at radius 2 is 1.62 bits per heavy atom. The van der Waals surface area contributed by atoms with Gasteiger partial charge in [-0.05, 0) is 41.7 Å². The molecule has 19 heteroatoms. The molecule has 2 aliphatic rings. The lowest BCUT2D eigenvalue weighted by atomic mass is 9.99. The van der Waals surface area contributed by atoms with Crippen LogP contribution in [-0.4, -0.2) is 115 Å². The molecule has 2 fully saturated rings. The lowest BCUT2D eigenvalue weighted by molar-refractivity contribution is -0.129. The van der Waals surface area contributed by atoms with Gasteiger partial charge in [-0.3, -0.25) is 18.4 Å². The predicted octanol–water partition coefficient (Wildman–Crippen LogP) is 5.48. The van der Waals surface area contributed by atoms with E-state index >= 15 is 0 Å². The van der Waals surface area contributed by atoms with Gasteiger partial charge in [0.25, 0.3) is 0 Å². The number of hydrogen-bond acceptors (Lipinski definition) is 15. The quantitative estimate of drug-likeness (QED) is 0.105. The number of nitrogens with zero attached hydrogens (tertiary/aromatic N) is 5. The number of carbonyl (C=O) groups excluding carboxylic acids is 3. The van der Waals surface area contributed by atoms with Crippen molar-refractivity contribution in [1.82, 2.24) is 24.4 Å². The molecule has 0 spiro atoms. The molecule has 0 bridgehead atoms. The second-order valence-corrected chi connectivity index (χ2v) is 16.2. The first-order valence-corrected chi connectivity index (χ1v) is 18.1. The Balaban J connectivity index is 1.30. The minimum atomic E-state index is -2.00. The van der Waals surface area contributed by atoms with Crippen molar-refractivity contribution >= 4 is 55.2 Å². The molecule has 2 saturated heterocycles. The number of halogens is 1. The minimum Gasteiger partial charge on any atom is -0.434 e. The van der Waals surface area contributed by atoms with Crippen LogP contribution in [0.5, 0.6) is 0 Å². The number of likely N-dealkylation sites (N-methyl/N-ethyl adjacent to an activating group) is 1. The molecule has 2 aromatic heterocycles. The lowest BCUT2D eigenvalue weighted by Crippen LogP contribution is -2.36. The Labute approximate surface area is 297 Å². The Bertz CT molecular complexity index is 1410. The third-order valence-corrected chi connectivity index (χ3v) is 8.71. The molecule has 0 aliphatic carbocycles. The SMILES string of the molecule is CN(CC1CCC(n2cnc3c(NC4CCOC4)nc(Cl)nc32)O1)C(=O)CP(OCOC(=O)OCC(C)(C)C)OCOC(=O)OCC(C)(C)C. The molecule has 50 heavy (non-hydrogen) atoms. The summed E-state index contributed by atoms with van der Waals surface area (Å²) in [7, 11) is -0.360. The van der Waals surface area contributed by atoms with E-state index in [4.69, 9.17) is 49.1 Å². The molecule has 0 radical (unpaired) electrons. The molecule has 4 heterocycles. The number of ether oxygens (including phenoxy) is 6. The largest absolute Gasteiger partial charge is 0.510 e. The summed E-state index contributed by atoms with van der Waals surface area (Å²) in [5.41, 5.74) is 0.603. The smallest absolute Gasteiger partial charge is 0.434 e. The fourth-order valence-corrected chi connectivity index (χ4v) is 5.96. The maximum absolute atomic E-state index is 13.3. The monoisotopic (exact) mass is 746 g/mol. The average molecular weight is 747 g/mol. The number of rotatable bonds is 15. The van der Waals surface area contributed by atoms with Crippen molar-refractivity contribution in [3.63, 3.8) is 0 Å². The van der Waals surface area contributed by atoms with Crippen LogP contribution in [0, 0.1) is 10.8 Å². The summed E-state index contributed by atoms with van der Waals surface area (Å²) < 4.78 is 44.8. The van der Waals surface area contributed by atoms with E-state index in [-0.39, 0.29) is 66.3 Å². The fourth-order valence-electron chi connectivity index (χ4n) is 4.74. The highest BCUT2D eigenvalue weighted by Gasteiger charge is 2.32. The highest BCUT2D eigenvalue weighted by Crippen LogP contribution is 2.39. The Morgan fingerprint density at radius 1 is 0.980 bits per heavy atom. The number of imidazole rings is 1. The number of aromatic nitrogens is 4. The zero-order valence-electron chi connectivity index (χ0n) is 29.6. The molecule has 2 aliphatic heterocycles. The van der Waals surface area contributed by atoms with Crippen molar-refractivity contribution < 1.29 is 51.9 Å². The summed E-state index contributed by atoms with van der Waals surface area (Å²) in [5, 5.41) is 3.43. The van der Waals surface area contributed by atoms with E-state index in [1.54, 1.807) is 13.4 Å². The number of hydrogen-bond donors (Lipinski definition) is 1. The third-order valence-electron chi connectivity index (χ3n) is 7.22. The fraction of sp³-hybridized carbons (Fsp3) is 0.742. The maximum Gasteiger partial charge on any atom is 0.510 e. The van der Waals surface area contributed by atoms with Crippen molar-refractivity contribution in [2.45, 2.75) is 79.2 Å². The number of amides is 1. The Morgan fingerprint density at radius 3 is 2.20 bits per heavy atom. The summed E-state index contributed by atoms with van der Waals surface area (Å²) in [4.78, 5) is 52.0. The van der Waals surface area contributed by atoms with Gasteiger partial charge in [0.2, 0.25) is 24.8 Å². The predicted molar refractivity (Wildman–Crippen MR) is 181 cm³/mol. The van der Waals surface area contributed by atoms with Crippen LogP contribution in [-0.2, 0) is 42.3 Å². The van der Waals surface area contributed by atoms with E-state index < -0.39 is 34.3 Å². The molecule has 1 N–H and O–H groups in total. The molecule has 280 valence electrons. The summed E-state index contributed by atoms with van der Waals surface area (Å²) in [6.45, 7) is 12.2. The van der Waals surface area contributed by atoms with Crippen molar-refractivity contribution in [3.8, 4) is 0 Å². The van der Waals surface area contributed by atoms with Gasteiger partial charge in [-0.2, -0.15) is 9.97 Å². The topological polar surface area (TPSA) is 184 Å². The van der Waals surface area contributed by atoms with Gasteiger partial charge in [0, 0.05) is 20.2 Å². The molecular formula is C31H48ClN6O11P. The second kappa shape index (κ2) is 17.9. The zero-order valence-corrected chi connectivity index (χ0v) is 31.3. The lowest BCUT2D eigenvalue weighted by Gasteiger charge is -2.24. The van der Waals surface area contributed by atoms with E-state index in [0.29, 0.717) is 43.0 Å². The van der Waals surface area contributed by atoms with Gasteiger partial charge in [0.1, 0.15) is 6.23 Å². The first-order valence-electron chi connectivity index (χ1n) is 16.3. The number of carbonyl (C=O) groups is 3. The van der Waals surface area contributed by atoms with Crippen LogP contribution in [0.4, 0.5) is 15.4 Å².